The van der Waals surface area contributed by atoms with Crippen molar-refractivity contribution >= 4 is 23.6 Å². The molecule has 0 unspecified atom stereocenters. The maximum absolute atomic E-state index is 13.5. The Morgan fingerprint density at radius 3 is 2.26 bits per heavy atom. The van der Waals surface area contributed by atoms with Crippen molar-refractivity contribution in [3.05, 3.63) is 71.8 Å². The zero-order valence-electron chi connectivity index (χ0n) is 25.1. The predicted molar refractivity (Wildman–Crippen MR) is 169 cm³/mol. The molecule has 5 nitrogen and oxygen atoms in total. The summed E-state index contributed by atoms with van der Waals surface area (Å²) in [5.74, 6) is 3.49. The Morgan fingerprint density at radius 2 is 1.52 bits per heavy atom. The quantitative estimate of drug-likeness (QED) is 0.354. The van der Waals surface area contributed by atoms with E-state index in [2.05, 4.69) is 46.6 Å². The molecule has 1 aliphatic heterocycles. The third-order valence-corrected chi connectivity index (χ3v) is 11.4. The number of carbonyl (C=O) groups is 2. The number of para-hydroxylation sites is 1. The summed E-state index contributed by atoms with van der Waals surface area (Å²) >= 11 is 0. The summed E-state index contributed by atoms with van der Waals surface area (Å²) in [7, 11) is 0. The summed E-state index contributed by atoms with van der Waals surface area (Å²) in [6, 6.07) is 19.3. The van der Waals surface area contributed by atoms with Crippen molar-refractivity contribution in [2.45, 2.75) is 82.1 Å². The molecule has 0 aromatic heterocycles. The number of piperidine rings is 1. The first-order valence-electron chi connectivity index (χ1n) is 16.7. The van der Waals surface area contributed by atoms with Crippen LogP contribution < -0.4 is 10.2 Å². The lowest BCUT2D eigenvalue weighted by atomic mass is 9.54. The zero-order valence-corrected chi connectivity index (χ0v) is 25.1. The molecule has 1 heterocycles. The van der Waals surface area contributed by atoms with Crippen LogP contribution in [0.3, 0.4) is 0 Å². The van der Waals surface area contributed by atoms with E-state index >= 15 is 0 Å². The van der Waals surface area contributed by atoms with Crippen molar-refractivity contribution in [3.8, 4) is 0 Å². The molecule has 1 N–H and O–H groups in total. The van der Waals surface area contributed by atoms with Crippen LogP contribution in [0.1, 0.15) is 81.8 Å². The minimum Gasteiger partial charge on any atom is -0.353 e. The summed E-state index contributed by atoms with van der Waals surface area (Å²) in [4.78, 5) is 30.9. The molecule has 5 fully saturated rings. The predicted octanol–water partition coefficient (Wildman–Crippen LogP) is 6.58. The largest absolute Gasteiger partial charge is 0.353 e. The Labute approximate surface area is 251 Å². The summed E-state index contributed by atoms with van der Waals surface area (Å²) < 4.78 is 0. The van der Waals surface area contributed by atoms with Gasteiger partial charge < -0.3 is 15.1 Å². The molecule has 2 amide bonds. The van der Waals surface area contributed by atoms with E-state index in [0.717, 1.165) is 56.4 Å². The minimum absolute atomic E-state index is 0.133. The van der Waals surface area contributed by atoms with E-state index in [4.69, 9.17) is 0 Å². The van der Waals surface area contributed by atoms with Gasteiger partial charge in [-0.15, -0.1) is 0 Å². The lowest BCUT2D eigenvalue weighted by molar-refractivity contribution is -0.125. The van der Waals surface area contributed by atoms with Gasteiger partial charge in [-0.3, -0.25) is 9.59 Å². The van der Waals surface area contributed by atoms with E-state index in [1.165, 1.54) is 43.2 Å². The van der Waals surface area contributed by atoms with Crippen molar-refractivity contribution in [2.24, 2.45) is 23.7 Å². The number of anilines is 1. The van der Waals surface area contributed by atoms with Crippen molar-refractivity contribution in [3.63, 3.8) is 0 Å². The number of nitrogens with one attached hydrogen (secondary N) is 1. The van der Waals surface area contributed by atoms with Crippen LogP contribution in [0.2, 0.25) is 0 Å². The molecular weight excluding hydrogens is 518 g/mol. The Balaban J connectivity index is 0.878. The van der Waals surface area contributed by atoms with Gasteiger partial charge in [-0.2, -0.15) is 0 Å². The van der Waals surface area contributed by atoms with Crippen LogP contribution >= 0.6 is 0 Å². The van der Waals surface area contributed by atoms with Crippen LogP contribution in [-0.4, -0.2) is 48.9 Å². The average molecular weight is 566 g/mol. The number of likely N-dealkylation sites (tertiary alicyclic amines) is 1. The SMILES string of the molecule is O=C(CCCC(=O)N(CCCN1CCC2(C=Cc3ccccc32)CC1)c1ccccc1)NC1C2CC3CC(C2)CC1C3. The van der Waals surface area contributed by atoms with Crippen molar-refractivity contribution < 1.29 is 9.59 Å². The first-order valence-corrected chi connectivity index (χ1v) is 16.7. The second-order valence-electron chi connectivity index (χ2n) is 14.0. The molecule has 2 aromatic carbocycles. The molecule has 222 valence electrons. The molecule has 6 aliphatic rings. The van der Waals surface area contributed by atoms with Crippen molar-refractivity contribution in [2.75, 3.05) is 31.1 Å². The van der Waals surface area contributed by atoms with Gasteiger partial charge in [0.2, 0.25) is 11.8 Å². The Hall–Kier alpha value is -2.92. The van der Waals surface area contributed by atoms with Gasteiger partial charge in [-0.1, -0.05) is 54.6 Å². The zero-order chi connectivity index (χ0) is 28.5. The number of hydrogen-bond acceptors (Lipinski definition) is 3. The Bertz CT molecular complexity index is 1270. The van der Waals surface area contributed by atoms with Crippen molar-refractivity contribution in [1.29, 1.82) is 0 Å². The number of hydrogen-bond donors (Lipinski definition) is 1. The molecule has 5 aliphatic carbocycles. The number of amides is 2. The highest BCUT2D eigenvalue weighted by Gasteiger charge is 2.48. The fourth-order valence-corrected chi connectivity index (χ4v) is 9.46. The second-order valence-corrected chi connectivity index (χ2v) is 14.0. The molecule has 2 aromatic rings. The fraction of sp³-hybridized carbons (Fsp3) is 0.568. The monoisotopic (exact) mass is 565 g/mol. The smallest absolute Gasteiger partial charge is 0.226 e. The van der Waals surface area contributed by atoms with Gasteiger partial charge in [0.05, 0.1) is 0 Å². The van der Waals surface area contributed by atoms with Gasteiger partial charge in [0, 0.05) is 36.5 Å². The van der Waals surface area contributed by atoms with Gasteiger partial charge in [0.25, 0.3) is 0 Å². The molecule has 42 heavy (non-hydrogen) atoms. The third kappa shape index (κ3) is 5.69. The van der Waals surface area contributed by atoms with Gasteiger partial charge >= 0.3 is 0 Å². The number of allylic oxidation sites excluding steroid dienone is 1. The molecular formula is C37H47N3O2. The highest BCUT2D eigenvalue weighted by Crippen LogP contribution is 2.53. The minimum atomic E-state index is 0.133. The lowest BCUT2D eigenvalue weighted by Crippen LogP contribution is -2.55. The highest BCUT2D eigenvalue weighted by atomic mass is 16.2. The number of nitrogens with zero attached hydrogens (tertiary/aromatic N) is 2. The van der Waals surface area contributed by atoms with Crippen LogP contribution in [0.25, 0.3) is 6.08 Å². The maximum Gasteiger partial charge on any atom is 0.226 e. The Kier molecular flexibility index (Phi) is 7.96. The number of rotatable bonds is 10. The highest BCUT2D eigenvalue weighted by molar-refractivity contribution is 5.93. The normalized spacial score (nSPS) is 28.6. The van der Waals surface area contributed by atoms with E-state index in [1.807, 2.05) is 35.2 Å². The van der Waals surface area contributed by atoms with E-state index in [0.29, 0.717) is 43.7 Å². The van der Waals surface area contributed by atoms with Crippen LogP contribution in [0.15, 0.2) is 60.7 Å². The summed E-state index contributed by atoms with van der Waals surface area (Å²) in [5.41, 5.74) is 4.05. The average Bonchev–Trinajstić information content (AvgIpc) is 3.36. The number of carbonyl (C=O) groups excluding carboxylic acids is 2. The van der Waals surface area contributed by atoms with Crippen LogP contribution in [0, 0.1) is 23.7 Å². The standard InChI is InChI=1S/C37H47N3O2/c41-34(38-36-30-23-27-22-28(25-30)26-31(36)24-27)12-6-13-35(42)40(32-9-2-1-3-10-32)19-7-18-39-20-16-37(17-21-39)15-14-29-8-4-5-11-33(29)37/h1-5,8-11,14-15,27-28,30-31,36H,6-7,12-13,16-26H2,(H,38,41). The molecule has 0 radical (unpaired) electrons. The molecule has 4 bridgehead atoms. The van der Waals surface area contributed by atoms with Gasteiger partial charge in [-0.25, -0.2) is 0 Å². The van der Waals surface area contributed by atoms with E-state index in [-0.39, 0.29) is 17.2 Å². The Morgan fingerprint density at radius 1 is 0.833 bits per heavy atom. The summed E-state index contributed by atoms with van der Waals surface area (Å²) in [6.07, 6.45) is 16.2. The van der Waals surface area contributed by atoms with Crippen LogP contribution in [0.4, 0.5) is 5.69 Å². The molecule has 1 saturated heterocycles. The molecule has 1 spiro atoms. The molecule has 4 saturated carbocycles. The van der Waals surface area contributed by atoms with E-state index in [9.17, 15) is 9.59 Å². The van der Waals surface area contributed by atoms with Gasteiger partial charge in [0.15, 0.2) is 0 Å². The van der Waals surface area contributed by atoms with Gasteiger partial charge in [-0.05, 0) is 124 Å². The second kappa shape index (κ2) is 12.0. The fourth-order valence-electron chi connectivity index (χ4n) is 9.46. The topological polar surface area (TPSA) is 52.7 Å². The number of benzene rings is 2. The molecule has 5 heteroatoms. The number of fused-ring (bicyclic) bond motifs is 2. The van der Waals surface area contributed by atoms with Crippen molar-refractivity contribution in [1.82, 2.24) is 10.2 Å². The summed E-state index contributed by atoms with van der Waals surface area (Å²) in [5, 5.41) is 3.42. The van der Waals surface area contributed by atoms with Gasteiger partial charge in [0.1, 0.15) is 0 Å². The van der Waals surface area contributed by atoms with Crippen LogP contribution in [-0.2, 0) is 15.0 Å². The third-order valence-electron chi connectivity index (χ3n) is 11.4. The maximum atomic E-state index is 13.5. The first kappa shape index (κ1) is 27.9. The van der Waals surface area contributed by atoms with E-state index in [1.54, 1.807) is 0 Å². The summed E-state index contributed by atoms with van der Waals surface area (Å²) in [6.45, 7) is 3.91. The lowest BCUT2D eigenvalue weighted by Gasteiger charge is -2.54. The first-order chi connectivity index (χ1) is 20.6. The van der Waals surface area contributed by atoms with Crippen LogP contribution in [0.5, 0.6) is 0 Å². The molecule has 8 rings (SSSR count). The molecule has 0 atom stereocenters. The van der Waals surface area contributed by atoms with E-state index < -0.39 is 0 Å².